The maximum atomic E-state index is 13.1. The van der Waals surface area contributed by atoms with Crippen LogP contribution in [0.5, 0.6) is 11.5 Å². The van der Waals surface area contributed by atoms with Gasteiger partial charge in [0, 0.05) is 36.2 Å². The number of hydrogen-bond donors (Lipinski definition) is 0. The molecule has 3 heterocycles. The second kappa shape index (κ2) is 10.8. The van der Waals surface area contributed by atoms with Gasteiger partial charge in [0.1, 0.15) is 5.75 Å². The number of carbonyl (C=O) groups excluding carboxylic acids is 1. The first kappa shape index (κ1) is 26.3. The lowest BCUT2D eigenvalue weighted by Gasteiger charge is -2.37. The Morgan fingerprint density at radius 3 is 2.68 bits per heavy atom. The molecule has 3 aromatic rings. The molecule has 1 atom stereocenters. The van der Waals surface area contributed by atoms with Crippen LogP contribution >= 0.6 is 0 Å². The highest BCUT2D eigenvalue weighted by atomic mass is 32.2. The average Bonchev–Trinajstić information content (AvgIpc) is 3.35. The van der Waals surface area contributed by atoms with Crippen LogP contribution in [0.25, 0.3) is 11.0 Å². The van der Waals surface area contributed by atoms with Gasteiger partial charge in [-0.15, -0.1) is 0 Å². The van der Waals surface area contributed by atoms with E-state index in [1.165, 1.54) is 6.26 Å². The van der Waals surface area contributed by atoms with Crippen LogP contribution < -0.4 is 9.47 Å². The summed E-state index contributed by atoms with van der Waals surface area (Å²) < 4.78 is 46.4. The molecular formula is C29H33NO7S. The van der Waals surface area contributed by atoms with E-state index in [0.717, 1.165) is 40.7 Å². The van der Waals surface area contributed by atoms with E-state index in [9.17, 15) is 13.2 Å². The van der Waals surface area contributed by atoms with Crippen LogP contribution in [0.3, 0.4) is 0 Å². The normalized spacial score (nSPS) is 18.8. The Morgan fingerprint density at radius 2 is 1.95 bits per heavy atom. The third kappa shape index (κ3) is 5.89. The number of nitrogens with zero attached hydrogens (tertiary/aromatic N) is 1. The van der Waals surface area contributed by atoms with Crippen LogP contribution in [-0.4, -0.2) is 57.7 Å². The Hall–Kier alpha value is -3.30. The molecule has 0 bridgehead atoms. The van der Waals surface area contributed by atoms with Crippen LogP contribution in [0.15, 0.2) is 58.5 Å². The monoisotopic (exact) mass is 539 g/mol. The zero-order chi connectivity index (χ0) is 26.9. The highest BCUT2D eigenvalue weighted by Gasteiger charge is 2.34. The number of fused-ring (bicyclic) bond motifs is 2. The molecule has 1 amide bonds. The molecule has 1 unspecified atom stereocenters. The third-order valence-corrected chi connectivity index (χ3v) is 8.08. The second-order valence-corrected chi connectivity index (χ2v) is 12.3. The topological polar surface area (TPSA) is 95.3 Å². The number of amides is 1. The lowest BCUT2D eigenvalue weighted by atomic mass is 9.95. The SMILES string of the molecule is COc1cccc2cc(C(=O)N3CCC(C4OCc5cc(CC=C(C)CS(C)(=O)=O)ccc5O4)CC3)oc12. The van der Waals surface area contributed by atoms with Gasteiger partial charge in [-0.3, -0.25) is 4.79 Å². The standard InChI is InChI=1S/C29H33NO7S/c1-19(18-38(3,32)33)7-8-20-9-10-24-23(15-20)17-35-29(37-24)21-11-13-30(14-12-21)28(31)26-16-22-5-4-6-25(34-2)27(22)36-26/h4-7,9-10,15-16,21,29H,8,11-14,17-18H2,1-3H3. The van der Waals surface area contributed by atoms with Crippen molar-refractivity contribution >= 4 is 26.7 Å². The van der Waals surface area contributed by atoms with Crippen LogP contribution in [0, 0.1) is 5.92 Å². The van der Waals surface area contributed by atoms with E-state index in [2.05, 4.69) is 6.07 Å². The van der Waals surface area contributed by atoms with Gasteiger partial charge in [0.05, 0.1) is 19.5 Å². The molecule has 2 aliphatic rings. The minimum atomic E-state index is -3.03. The van der Waals surface area contributed by atoms with Crippen LogP contribution in [0.4, 0.5) is 0 Å². The van der Waals surface area contributed by atoms with E-state index in [1.54, 1.807) is 13.2 Å². The van der Waals surface area contributed by atoms with Gasteiger partial charge in [-0.2, -0.15) is 0 Å². The fourth-order valence-electron chi connectivity index (χ4n) is 5.15. The lowest BCUT2D eigenvalue weighted by Crippen LogP contribution is -2.44. The van der Waals surface area contributed by atoms with Crippen molar-refractivity contribution in [2.45, 2.75) is 39.1 Å². The summed E-state index contributed by atoms with van der Waals surface area (Å²) in [5.74, 6) is 1.88. The van der Waals surface area contributed by atoms with E-state index in [4.69, 9.17) is 18.6 Å². The molecule has 8 nitrogen and oxygen atoms in total. The van der Waals surface area contributed by atoms with Crippen molar-refractivity contribution < 1.29 is 31.8 Å². The highest BCUT2D eigenvalue weighted by molar-refractivity contribution is 7.90. The molecule has 0 spiro atoms. The Morgan fingerprint density at radius 1 is 1.16 bits per heavy atom. The van der Waals surface area contributed by atoms with Gasteiger partial charge in [-0.1, -0.05) is 29.8 Å². The number of allylic oxidation sites excluding steroid dienone is 1. The molecular weight excluding hydrogens is 506 g/mol. The number of carbonyl (C=O) groups is 1. The number of methoxy groups -OCH3 is 1. The Kier molecular flexibility index (Phi) is 7.49. The van der Waals surface area contributed by atoms with Crippen molar-refractivity contribution in [2.75, 3.05) is 32.2 Å². The van der Waals surface area contributed by atoms with Gasteiger partial charge >= 0.3 is 0 Å². The summed E-state index contributed by atoms with van der Waals surface area (Å²) in [5, 5.41) is 0.841. The second-order valence-electron chi connectivity index (χ2n) is 10.2. The number of hydrogen-bond acceptors (Lipinski definition) is 7. The van der Waals surface area contributed by atoms with Crippen molar-refractivity contribution in [2.24, 2.45) is 5.92 Å². The Balaban J connectivity index is 1.17. The summed E-state index contributed by atoms with van der Waals surface area (Å²) in [6.45, 7) is 3.50. The molecule has 2 aliphatic heterocycles. The fourth-order valence-corrected chi connectivity index (χ4v) is 6.09. The van der Waals surface area contributed by atoms with Crippen molar-refractivity contribution in [1.82, 2.24) is 4.90 Å². The number of likely N-dealkylation sites (tertiary alicyclic amines) is 1. The summed E-state index contributed by atoms with van der Waals surface area (Å²) in [6.07, 6.45) is 5.05. The summed E-state index contributed by atoms with van der Waals surface area (Å²) in [7, 11) is -1.45. The molecule has 0 saturated carbocycles. The number of benzene rings is 2. The van der Waals surface area contributed by atoms with Gasteiger partial charge in [-0.05, 0) is 56.0 Å². The molecule has 0 radical (unpaired) electrons. The number of rotatable bonds is 7. The van der Waals surface area contributed by atoms with E-state index in [-0.39, 0.29) is 23.9 Å². The van der Waals surface area contributed by atoms with Crippen molar-refractivity contribution in [1.29, 1.82) is 0 Å². The largest absolute Gasteiger partial charge is 0.493 e. The average molecular weight is 540 g/mol. The molecule has 1 fully saturated rings. The smallest absolute Gasteiger partial charge is 0.289 e. The lowest BCUT2D eigenvalue weighted by molar-refractivity contribution is -0.148. The van der Waals surface area contributed by atoms with Crippen molar-refractivity contribution in [3.63, 3.8) is 0 Å². The van der Waals surface area contributed by atoms with E-state index in [1.807, 2.05) is 48.2 Å². The predicted octanol–water partition coefficient (Wildman–Crippen LogP) is 4.76. The van der Waals surface area contributed by atoms with Crippen molar-refractivity contribution in [3.8, 4) is 11.5 Å². The quantitative estimate of drug-likeness (QED) is 0.400. The minimum Gasteiger partial charge on any atom is -0.493 e. The van der Waals surface area contributed by atoms with E-state index >= 15 is 0 Å². The molecule has 38 heavy (non-hydrogen) atoms. The molecule has 202 valence electrons. The molecule has 2 aromatic carbocycles. The maximum Gasteiger partial charge on any atom is 0.289 e. The van der Waals surface area contributed by atoms with Crippen LogP contribution in [0.1, 0.15) is 41.4 Å². The van der Waals surface area contributed by atoms with Crippen LogP contribution in [-0.2, 0) is 27.6 Å². The third-order valence-electron chi connectivity index (χ3n) is 7.10. The highest BCUT2D eigenvalue weighted by Crippen LogP contribution is 2.34. The number of sulfone groups is 1. The molecule has 9 heteroatoms. The first-order valence-corrected chi connectivity index (χ1v) is 14.9. The Bertz CT molecular complexity index is 1470. The molecule has 1 saturated heterocycles. The predicted molar refractivity (Wildman–Crippen MR) is 144 cm³/mol. The van der Waals surface area contributed by atoms with Gasteiger partial charge in [0.25, 0.3) is 5.91 Å². The molecule has 0 aliphatic carbocycles. The van der Waals surface area contributed by atoms with Crippen LogP contribution in [0.2, 0.25) is 0 Å². The van der Waals surface area contributed by atoms with Crippen molar-refractivity contribution in [3.05, 3.63) is 71.0 Å². The van der Waals surface area contributed by atoms with E-state index < -0.39 is 9.84 Å². The van der Waals surface area contributed by atoms with E-state index in [0.29, 0.717) is 43.2 Å². The first-order valence-electron chi connectivity index (χ1n) is 12.8. The van der Waals surface area contributed by atoms with Gasteiger partial charge in [0.15, 0.2) is 26.9 Å². The minimum absolute atomic E-state index is 0.0727. The number of ether oxygens (including phenoxy) is 3. The zero-order valence-electron chi connectivity index (χ0n) is 21.9. The summed E-state index contributed by atoms with van der Waals surface area (Å²) >= 11 is 0. The molecule has 0 N–H and O–H groups in total. The fraction of sp³-hybridized carbons (Fsp3) is 0.414. The zero-order valence-corrected chi connectivity index (χ0v) is 22.8. The summed E-state index contributed by atoms with van der Waals surface area (Å²) in [5.41, 5.74) is 3.49. The summed E-state index contributed by atoms with van der Waals surface area (Å²) in [4.78, 5) is 14.9. The first-order chi connectivity index (χ1) is 18.2. The van der Waals surface area contributed by atoms with Gasteiger partial charge < -0.3 is 23.5 Å². The number of para-hydroxylation sites is 1. The molecule has 1 aromatic heterocycles. The summed E-state index contributed by atoms with van der Waals surface area (Å²) in [6, 6.07) is 13.4. The number of furan rings is 1. The van der Waals surface area contributed by atoms with Gasteiger partial charge in [-0.25, -0.2) is 8.42 Å². The molecule has 5 rings (SSSR count). The van der Waals surface area contributed by atoms with Gasteiger partial charge in [0.2, 0.25) is 6.29 Å². The maximum absolute atomic E-state index is 13.1. The Labute approximate surface area is 223 Å². The number of piperidine rings is 1.